The van der Waals surface area contributed by atoms with E-state index in [1.165, 1.54) is 22.5 Å². The van der Waals surface area contributed by atoms with E-state index in [9.17, 15) is 0 Å². The maximum atomic E-state index is 5.07. The van der Waals surface area contributed by atoms with Gasteiger partial charge in [-0.15, -0.1) is 11.3 Å². The number of aromatic nitrogens is 2. The molecule has 2 heterocycles. The lowest BCUT2D eigenvalue weighted by Gasteiger charge is -2.19. The maximum absolute atomic E-state index is 5.07. The maximum Gasteiger partial charge on any atom is 0.183 e. The molecule has 5 heteroatoms. The molecule has 1 N–H and O–H groups in total. The number of hydrogen-bond acceptors (Lipinski definition) is 4. The molecular formula is C20H25N3OS. The quantitative estimate of drug-likeness (QED) is 0.613. The zero-order valence-corrected chi connectivity index (χ0v) is 16.1. The Hall–Kier alpha value is -2.11. The summed E-state index contributed by atoms with van der Waals surface area (Å²) < 4.78 is 7.46. The largest absolute Gasteiger partial charge is 0.383 e. The van der Waals surface area contributed by atoms with Gasteiger partial charge in [-0.1, -0.05) is 30.3 Å². The van der Waals surface area contributed by atoms with Crippen LogP contribution in [-0.4, -0.2) is 29.8 Å². The standard InChI is InChI=1S/C20H25N3OS/c1-14-12-18(19-13-25-20(22-19)21-10-11-24-4)16(3)23(14)15(2)17-8-6-5-7-9-17/h5-9,12-13,15H,10-11H2,1-4H3,(H,21,22)/t15-/m0/s1. The highest BCUT2D eigenvalue weighted by molar-refractivity contribution is 7.14. The molecule has 0 unspecified atom stereocenters. The number of ether oxygens (including phenoxy) is 1. The van der Waals surface area contributed by atoms with E-state index in [1.807, 2.05) is 0 Å². The van der Waals surface area contributed by atoms with Gasteiger partial charge in [-0.25, -0.2) is 4.98 Å². The number of benzene rings is 1. The zero-order chi connectivity index (χ0) is 17.8. The Bertz CT molecular complexity index is 823. The molecule has 4 nitrogen and oxygen atoms in total. The second-order valence-corrected chi connectivity index (χ2v) is 7.06. The normalized spacial score (nSPS) is 12.3. The minimum absolute atomic E-state index is 0.299. The van der Waals surface area contributed by atoms with Crippen molar-refractivity contribution in [3.05, 3.63) is 58.7 Å². The lowest BCUT2D eigenvalue weighted by molar-refractivity contribution is 0.211. The van der Waals surface area contributed by atoms with E-state index in [0.717, 1.165) is 17.4 Å². The van der Waals surface area contributed by atoms with Crippen LogP contribution in [0, 0.1) is 13.8 Å². The fourth-order valence-corrected chi connectivity index (χ4v) is 3.99. The van der Waals surface area contributed by atoms with Crippen LogP contribution in [0.2, 0.25) is 0 Å². The molecule has 2 aromatic heterocycles. The molecule has 132 valence electrons. The van der Waals surface area contributed by atoms with Crippen molar-refractivity contribution in [3.63, 3.8) is 0 Å². The van der Waals surface area contributed by atoms with Crippen molar-refractivity contribution >= 4 is 16.5 Å². The second kappa shape index (κ2) is 7.85. The molecule has 3 rings (SSSR count). The van der Waals surface area contributed by atoms with Crippen molar-refractivity contribution in [1.29, 1.82) is 0 Å². The van der Waals surface area contributed by atoms with Crippen LogP contribution in [-0.2, 0) is 4.74 Å². The summed E-state index contributed by atoms with van der Waals surface area (Å²) in [5.74, 6) is 0. The van der Waals surface area contributed by atoms with Crippen molar-refractivity contribution in [2.45, 2.75) is 26.8 Å². The van der Waals surface area contributed by atoms with Crippen LogP contribution in [0.25, 0.3) is 11.3 Å². The van der Waals surface area contributed by atoms with Crippen LogP contribution in [0.3, 0.4) is 0 Å². The van der Waals surface area contributed by atoms with Gasteiger partial charge in [0.1, 0.15) is 0 Å². The van der Waals surface area contributed by atoms with E-state index in [0.29, 0.717) is 12.6 Å². The van der Waals surface area contributed by atoms with E-state index < -0.39 is 0 Å². The van der Waals surface area contributed by atoms with Crippen molar-refractivity contribution in [1.82, 2.24) is 9.55 Å². The molecule has 0 amide bonds. The molecule has 3 aromatic rings. The average molecular weight is 356 g/mol. The lowest BCUT2D eigenvalue weighted by atomic mass is 10.1. The van der Waals surface area contributed by atoms with Gasteiger partial charge < -0.3 is 14.6 Å². The fourth-order valence-electron chi connectivity index (χ4n) is 3.25. The predicted molar refractivity (Wildman–Crippen MR) is 106 cm³/mol. The summed E-state index contributed by atoms with van der Waals surface area (Å²) in [5, 5.41) is 6.36. The van der Waals surface area contributed by atoms with Gasteiger partial charge in [0.15, 0.2) is 5.13 Å². The zero-order valence-electron chi connectivity index (χ0n) is 15.2. The first kappa shape index (κ1) is 17.7. The average Bonchev–Trinajstić information content (AvgIpc) is 3.20. The molecule has 0 saturated heterocycles. The number of aryl methyl sites for hydroxylation is 1. The van der Waals surface area contributed by atoms with Gasteiger partial charge in [0.25, 0.3) is 0 Å². The van der Waals surface area contributed by atoms with Crippen molar-refractivity contribution in [3.8, 4) is 11.3 Å². The summed E-state index contributed by atoms with van der Waals surface area (Å²) in [7, 11) is 1.71. The fraction of sp³-hybridized carbons (Fsp3) is 0.350. The second-order valence-electron chi connectivity index (χ2n) is 6.20. The van der Waals surface area contributed by atoms with Gasteiger partial charge in [-0.3, -0.25) is 0 Å². The number of hydrogen-bond donors (Lipinski definition) is 1. The van der Waals surface area contributed by atoms with Gasteiger partial charge in [-0.05, 0) is 32.4 Å². The van der Waals surface area contributed by atoms with Crippen molar-refractivity contribution in [2.24, 2.45) is 0 Å². The van der Waals surface area contributed by atoms with Crippen LogP contribution >= 0.6 is 11.3 Å². The summed E-state index contributed by atoms with van der Waals surface area (Å²) in [5.41, 5.74) is 6.06. The highest BCUT2D eigenvalue weighted by atomic mass is 32.1. The molecule has 0 radical (unpaired) electrons. The monoisotopic (exact) mass is 355 g/mol. The molecule has 0 fully saturated rings. The van der Waals surface area contributed by atoms with E-state index in [1.54, 1.807) is 18.4 Å². The first-order valence-electron chi connectivity index (χ1n) is 8.54. The molecule has 0 aliphatic heterocycles. The Kier molecular flexibility index (Phi) is 5.56. The van der Waals surface area contributed by atoms with Gasteiger partial charge in [-0.2, -0.15) is 0 Å². The highest BCUT2D eigenvalue weighted by Crippen LogP contribution is 2.33. The number of anilines is 1. The minimum atomic E-state index is 0.299. The molecular weight excluding hydrogens is 330 g/mol. The van der Waals surface area contributed by atoms with Gasteiger partial charge >= 0.3 is 0 Å². The highest BCUT2D eigenvalue weighted by Gasteiger charge is 2.18. The number of nitrogens with one attached hydrogen (secondary N) is 1. The Balaban J connectivity index is 1.87. The number of thiazole rings is 1. The Labute approximate surface area is 153 Å². The van der Waals surface area contributed by atoms with Crippen LogP contribution in [0.1, 0.15) is 29.9 Å². The summed E-state index contributed by atoms with van der Waals surface area (Å²) >= 11 is 1.64. The Morgan fingerprint density at radius 2 is 2.00 bits per heavy atom. The van der Waals surface area contributed by atoms with Crippen LogP contribution < -0.4 is 5.32 Å². The third kappa shape index (κ3) is 3.78. The molecule has 0 bridgehead atoms. The summed E-state index contributed by atoms with van der Waals surface area (Å²) in [6.45, 7) is 8.04. The number of methoxy groups -OCH3 is 1. The number of nitrogens with zero attached hydrogens (tertiary/aromatic N) is 2. The first-order chi connectivity index (χ1) is 12.1. The van der Waals surface area contributed by atoms with Crippen molar-refractivity contribution < 1.29 is 4.74 Å². The molecule has 1 aromatic carbocycles. The summed E-state index contributed by atoms with van der Waals surface area (Å²) in [6, 6.07) is 13.2. The number of rotatable bonds is 7. The molecule has 0 saturated carbocycles. The molecule has 25 heavy (non-hydrogen) atoms. The molecule has 0 spiro atoms. The topological polar surface area (TPSA) is 39.1 Å². The SMILES string of the molecule is COCCNc1nc(-c2cc(C)n([C@@H](C)c3ccccc3)c2C)cs1. The van der Waals surface area contributed by atoms with Crippen LogP contribution in [0.4, 0.5) is 5.13 Å². The van der Waals surface area contributed by atoms with Crippen LogP contribution in [0.5, 0.6) is 0 Å². The van der Waals surface area contributed by atoms with E-state index in [-0.39, 0.29) is 0 Å². The van der Waals surface area contributed by atoms with E-state index in [2.05, 4.69) is 72.4 Å². The van der Waals surface area contributed by atoms with Crippen molar-refractivity contribution in [2.75, 3.05) is 25.6 Å². The Morgan fingerprint density at radius 3 is 2.72 bits per heavy atom. The van der Waals surface area contributed by atoms with E-state index >= 15 is 0 Å². The molecule has 0 aliphatic carbocycles. The van der Waals surface area contributed by atoms with Gasteiger partial charge in [0.2, 0.25) is 0 Å². The van der Waals surface area contributed by atoms with Crippen LogP contribution in [0.15, 0.2) is 41.8 Å². The van der Waals surface area contributed by atoms with E-state index in [4.69, 9.17) is 9.72 Å². The minimum Gasteiger partial charge on any atom is -0.383 e. The summed E-state index contributed by atoms with van der Waals surface area (Å²) in [4.78, 5) is 4.74. The van der Waals surface area contributed by atoms with Gasteiger partial charge in [0, 0.05) is 36.0 Å². The third-order valence-corrected chi connectivity index (χ3v) is 5.32. The summed E-state index contributed by atoms with van der Waals surface area (Å²) in [6.07, 6.45) is 0. The Morgan fingerprint density at radius 1 is 1.24 bits per heavy atom. The predicted octanol–water partition coefficient (Wildman–Crippen LogP) is 4.90. The molecule has 0 aliphatic rings. The third-order valence-electron chi connectivity index (χ3n) is 4.52. The molecule has 1 atom stereocenters. The smallest absolute Gasteiger partial charge is 0.183 e. The van der Waals surface area contributed by atoms with Gasteiger partial charge in [0.05, 0.1) is 18.3 Å². The lowest BCUT2D eigenvalue weighted by Crippen LogP contribution is -2.10. The first-order valence-corrected chi connectivity index (χ1v) is 9.42.